The van der Waals surface area contributed by atoms with Crippen LogP contribution in [0.2, 0.25) is 0 Å². The number of hydrogen-bond acceptors (Lipinski definition) is 6. The second-order valence-electron chi connectivity index (χ2n) is 5.03. The Kier molecular flexibility index (Phi) is 4.82. The number of anilines is 1. The first-order valence-electron chi connectivity index (χ1n) is 7.07. The largest absolute Gasteiger partial charge is 0.469 e. The van der Waals surface area contributed by atoms with Gasteiger partial charge in [0.15, 0.2) is 5.78 Å². The van der Waals surface area contributed by atoms with E-state index in [0.717, 1.165) is 0 Å². The molecule has 1 aromatic rings. The molecule has 6 nitrogen and oxygen atoms in total. The molecule has 1 atom stereocenters. The first-order valence-corrected chi connectivity index (χ1v) is 7.07. The number of allylic oxidation sites excluding steroid dienone is 1. The van der Waals surface area contributed by atoms with Gasteiger partial charge in [-0.25, -0.2) is 0 Å². The Balaban J connectivity index is 2.38. The van der Waals surface area contributed by atoms with Gasteiger partial charge in [0.05, 0.1) is 18.5 Å². The monoisotopic (exact) mass is 305 g/mol. The molecule has 0 saturated carbocycles. The van der Waals surface area contributed by atoms with Crippen molar-refractivity contribution >= 4 is 17.4 Å². The molecular weight excluding hydrogens is 286 g/mol. The summed E-state index contributed by atoms with van der Waals surface area (Å²) in [6.45, 7) is 1.89. The lowest BCUT2D eigenvalue weighted by molar-refractivity contribution is -0.160. The van der Waals surface area contributed by atoms with Crippen LogP contribution < -0.4 is 10.1 Å². The number of nitrogens with one attached hydrogen (secondary N) is 1. The summed E-state index contributed by atoms with van der Waals surface area (Å²) in [5, 5.41) is 13.7. The van der Waals surface area contributed by atoms with Gasteiger partial charge in [-0.15, -0.1) is 0 Å². The number of carbonyl (C=O) groups excluding carboxylic acids is 2. The van der Waals surface area contributed by atoms with Gasteiger partial charge in [-0.2, -0.15) is 0 Å². The van der Waals surface area contributed by atoms with Crippen molar-refractivity contribution in [2.24, 2.45) is 0 Å². The third kappa shape index (κ3) is 3.46. The maximum Gasteiger partial charge on any atom is 0.312 e. The third-order valence-corrected chi connectivity index (χ3v) is 3.27. The van der Waals surface area contributed by atoms with Crippen molar-refractivity contribution in [1.82, 2.24) is 0 Å². The summed E-state index contributed by atoms with van der Waals surface area (Å²) in [5.74, 6) is -2.35. The molecule has 1 aliphatic heterocycles. The SMILES string of the molecule is CCCC(=O)/C=C1\Nc2ccccc2OC1(O)CC(=O)OC. The fourth-order valence-electron chi connectivity index (χ4n) is 2.17. The van der Waals surface area contributed by atoms with E-state index in [-0.39, 0.29) is 11.5 Å². The Bertz CT molecular complexity index is 610. The molecule has 0 radical (unpaired) electrons. The molecular formula is C16H19NO5. The summed E-state index contributed by atoms with van der Waals surface area (Å²) in [6, 6.07) is 6.96. The number of rotatable bonds is 5. The van der Waals surface area contributed by atoms with E-state index in [0.29, 0.717) is 24.3 Å². The van der Waals surface area contributed by atoms with E-state index in [4.69, 9.17) is 4.74 Å². The minimum absolute atomic E-state index is 0.134. The number of benzene rings is 1. The molecule has 0 spiro atoms. The highest BCUT2D eigenvalue weighted by molar-refractivity contribution is 5.91. The van der Waals surface area contributed by atoms with Gasteiger partial charge in [0.25, 0.3) is 5.79 Å². The van der Waals surface area contributed by atoms with Gasteiger partial charge in [-0.3, -0.25) is 9.59 Å². The van der Waals surface area contributed by atoms with E-state index in [1.54, 1.807) is 24.3 Å². The molecule has 0 fully saturated rings. The zero-order chi connectivity index (χ0) is 16.2. The number of ether oxygens (including phenoxy) is 2. The number of ketones is 1. The molecule has 1 unspecified atom stereocenters. The maximum absolute atomic E-state index is 11.9. The predicted molar refractivity (Wildman–Crippen MR) is 80.3 cm³/mol. The summed E-state index contributed by atoms with van der Waals surface area (Å²) in [6.07, 6.45) is 1.90. The zero-order valence-corrected chi connectivity index (χ0v) is 12.6. The summed E-state index contributed by atoms with van der Waals surface area (Å²) in [7, 11) is 1.22. The van der Waals surface area contributed by atoms with Crippen LogP contribution in [-0.2, 0) is 14.3 Å². The Labute approximate surface area is 128 Å². The second-order valence-corrected chi connectivity index (χ2v) is 5.03. The molecule has 2 N–H and O–H groups in total. The van der Waals surface area contributed by atoms with Crippen molar-refractivity contribution in [3.05, 3.63) is 36.0 Å². The van der Waals surface area contributed by atoms with E-state index in [2.05, 4.69) is 10.1 Å². The van der Waals surface area contributed by atoms with Crippen molar-refractivity contribution in [3.63, 3.8) is 0 Å². The van der Waals surface area contributed by atoms with Gasteiger partial charge >= 0.3 is 5.97 Å². The topological polar surface area (TPSA) is 84.9 Å². The first-order chi connectivity index (χ1) is 10.5. The number of hydrogen-bond donors (Lipinski definition) is 2. The fourth-order valence-corrected chi connectivity index (χ4v) is 2.17. The molecule has 0 amide bonds. The van der Waals surface area contributed by atoms with E-state index in [1.165, 1.54) is 13.2 Å². The van der Waals surface area contributed by atoms with Crippen LogP contribution in [-0.4, -0.2) is 29.8 Å². The summed E-state index contributed by atoms with van der Waals surface area (Å²) >= 11 is 0. The normalized spacial score (nSPS) is 21.5. The second kappa shape index (κ2) is 6.62. The number of carbonyl (C=O) groups is 2. The van der Waals surface area contributed by atoms with E-state index < -0.39 is 18.2 Å². The molecule has 0 aromatic heterocycles. The Morgan fingerprint density at radius 2 is 2.14 bits per heavy atom. The Morgan fingerprint density at radius 3 is 2.82 bits per heavy atom. The smallest absolute Gasteiger partial charge is 0.312 e. The summed E-state index contributed by atoms with van der Waals surface area (Å²) in [5.41, 5.74) is 0.752. The quantitative estimate of drug-likeness (QED) is 0.639. The number of methoxy groups -OCH3 is 1. The van der Waals surface area contributed by atoms with Crippen molar-refractivity contribution < 1.29 is 24.2 Å². The van der Waals surface area contributed by atoms with Crippen LogP contribution in [0.25, 0.3) is 0 Å². The van der Waals surface area contributed by atoms with Crippen molar-refractivity contribution in [2.75, 3.05) is 12.4 Å². The van der Waals surface area contributed by atoms with Crippen LogP contribution in [0.1, 0.15) is 26.2 Å². The predicted octanol–water partition coefficient (Wildman–Crippen LogP) is 2.00. The van der Waals surface area contributed by atoms with Crippen LogP contribution >= 0.6 is 0 Å². The average Bonchev–Trinajstić information content (AvgIpc) is 2.48. The van der Waals surface area contributed by atoms with Crippen LogP contribution in [0.5, 0.6) is 5.75 Å². The number of esters is 1. The van der Waals surface area contributed by atoms with Crippen LogP contribution in [0.3, 0.4) is 0 Å². The van der Waals surface area contributed by atoms with Gasteiger partial charge < -0.3 is 19.9 Å². The zero-order valence-electron chi connectivity index (χ0n) is 12.6. The molecule has 1 heterocycles. The third-order valence-electron chi connectivity index (χ3n) is 3.27. The standard InChI is InChI=1S/C16H19NO5/c1-3-6-11(18)9-14-16(20,10-15(19)21-2)22-13-8-5-4-7-12(13)17-14/h4-5,7-9,17,20H,3,6,10H2,1-2H3/b14-9-. The summed E-state index contributed by atoms with van der Waals surface area (Å²) < 4.78 is 10.1. The van der Waals surface area contributed by atoms with E-state index >= 15 is 0 Å². The van der Waals surface area contributed by atoms with Gasteiger partial charge in [0.1, 0.15) is 12.2 Å². The minimum Gasteiger partial charge on any atom is -0.469 e. The molecule has 6 heteroatoms. The minimum atomic E-state index is -1.95. The van der Waals surface area contributed by atoms with Crippen molar-refractivity contribution in [2.45, 2.75) is 32.0 Å². The fraction of sp³-hybridized carbons (Fsp3) is 0.375. The Hall–Kier alpha value is -2.34. The van der Waals surface area contributed by atoms with Gasteiger partial charge in [0, 0.05) is 12.5 Å². The summed E-state index contributed by atoms with van der Waals surface area (Å²) in [4.78, 5) is 23.4. The Morgan fingerprint density at radius 1 is 1.41 bits per heavy atom. The van der Waals surface area contributed by atoms with Crippen molar-refractivity contribution in [3.8, 4) is 5.75 Å². The highest BCUT2D eigenvalue weighted by Crippen LogP contribution is 2.38. The lowest BCUT2D eigenvalue weighted by Crippen LogP contribution is -2.46. The first kappa shape index (κ1) is 16.0. The molecule has 22 heavy (non-hydrogen) atoms. The van der Waals surface area contributed by atoms with Crippen LogP contribution in [0.4, 0.5) is 5.69 Å². The average molecular weight is 305 g/mol. The molecule has 0 aliphatic carbocycles. The van der Waals surface area contributed by atoms with E-state index in [1.807, 2.05) is 6.92 Å². The number of para-hydroxylation sites is 2. The number of aliphatic hydroxyl groups is 1. The van der Waals surface area contributed by atoms with Gasteiger partial charge in [-0.1, -0.05) is 19.1 Å². The van der Waals surface area contributed by atoms with Gasteiger partial charge in [0.2, 0.25) is 0 Å². The number of fused-ring (bicyclic) bond motifs is 1. The molecule has 2 rings (SSSR count). The van der Waals surface area contributed by atoms with Gasteiger partial charge in [-0.05, 0) is 18.6 Å². The molecule has 0 saturated heterocycles. The van der Waals surface area contributed by atoms with E-state index in [9.17, 15) is 14.7 Å². The molecule has 1 aliphatic rings. The van der Waals surface area contributed by atoms with Crippen LogP contribution in [0.15, 0.2) is 36.0 Å². The van der Waals surface area contributed by atoms with Crippen LogP contribution in [0, 0.1) is 0 Å². The highest BCUT2D eigenvalue weighted by Gasteiger charge is 2.42. The molecule has 0 bridgehead atoms. The molecule has 118 valence electrons. The van der Waals surface area contributed by atoms with Crippen molar-refractivity contribution in [1.29, 1.82) is 0 Å². The maximum atomic E-state index is 11.9. The highest BCUT2D eigenvalue weighted by atomic mass is 16.6. The molecule has 1 aromatic carbocycles. The lowest BCUT2D eigenvalue weighted by atomic mass is 10.0. The lowest BCUT2D eigenvalue weighted by Gasteiger charge is -2.36.